The van der Waals surface area contributed by atoms with E-state index in [0.717, 1.165) is 43.9 Å². The molecule has 246 valence electrons. The molecule has 2 fully saturated rings. The van der Waals surface area contributed by atoms with Crippen molar-refractivity contribution in [2.24, 2.45) is 5.73 Å². The average molecular weight is 654 g/mol. The fraction of sp³-hybridized carbons (Fsp3) is 0.394. The lowest BCUT2D eigenvalue weighted by Gasteiger charge is -2.32. The largest absolute Gasteiger partial charge is 0.489 e. The first kappa shape index (κ1) is 30.9. The van der Waals surface area contributed by atoms with E-state index in [4.69, 9.17) is 15.2 Å². The molecule has 14 heteroatoms. The van der Waals surface area contributed by atoms with Crippen molar-refractivity contribution in [1.82, 2.24) is 20.1 Å². The Hall–Kier alpha value is -4.72. The van der Waals surface area contributed by atoms with Gasteiger partial charge >= 0.3 is 6.18 Å². The average Bonchev–Trinajstić information content (AvgIpc) is 3.97. The van der Waals surface area contributed by atoms with Gasteiger partial charge in [-0.2, -0.15) is 18.3 Å². The van der Waals surface area contributed by atoms with E-state index in [1.54, 1.807) is 17.8 Å². The Balaban J connectivity index is 1.27. The zero-order chi connectivity index (χ0) is 33.3. The van der Waals surface area contributed by atoms with Crippen molar-refractivity contribution < 1.29 is 41.7 Å². The van der Waals surface area contributed by atoms with E-state index in [0.29, 0.717) is 16.7 Å². The van der Waals surface area contributed by atoms with Crippen molar-refractivity contribution in [1.29, 1.82) is 0 Å². The van der Waals surface area contributed by atoms with Gasteiger partial charge in [0.05, 0.1) is 24.4 Å². The van der Waals surface area contributed by atoms with Gasteiger partial charge in [0.15, 0.2) is 0 Å². The number of carbonyl (C=O) groups is 2. The number of hydrogen-bond donors (Lipinski definition) is 3. The lowest BCUT2D eigenvalue weighted by atomic mass is 9.78. The number of nitrogens with one attached hydrogen (secondary N) is 1. The summed E-state index contributed by atoms with van der Waals surface area (Å²) >= 11 is 0. The molecule has 2 aromatic carbocycles. The van der Waals surface area contributed by atoms with E-state index in [-0.39, 0.29) is 53.3 Å². The summed E-state index contributed by atoms with van der Waals surface area (Å²) in [5.41, 5.74) is 0.209. The molecule has 0 radical (unpaired) electrons. The van der Waals surface area contributed by atoms with Crippen LogP contribution in [0, 0.1) is 5.82 Å². The minimum Gasteiger partial charge on any atom is -0.489 e. The second kappa shape index (κ2) is 10.9. The van der Waals surface area contributed by atoms with Crippen LogP contribution in [0.3, 0.4) is 0 Å². The first-order chi connectivity index (χ1) is 22.3. The van der Waals surface area contributed by atoms with Gasteiger partial charge in [-0.15, -0.1) is 0 Å². The fourth-order valence-corrected chi connectivity index (χ4v) is 5.87. The topological polar surface area (TPSA) is 142 Å². The lowest BCUT2D eigenvalue weighted by molar-refractivity contribution is -0.265. The summed E-state index contributed by atoms with van der Waals surface area (Å²) < 4.78 is 72.0. The molecule has 2 saturated carbocycles. The normalized spacial score (nSPS) is 20.4. The molecule has 4 N–H and O–H groups in total. The van der Waals surface area contributed by atoms with Crippen molar-refractivity contribution in [3.63, 3.8) is 0 Å². The number of amides is 2. The highest BCUT2D eigenvalue weighted by molar-refractivity contribution is 6.00. The number of alkyl halides is 3. The molecule has 2 amide bonds. The zero-order valence-corrected chi connectivity index (χ0v) is 25.2. The van der Waals surface area contributed by atoms with Crippen LogP contribution in [0.5, 0.6) is 11.5 Å². The summed E-state index contributed by atoms with van der Waals surface area (Å²) in [6, 6.07) is 8.92. The van der Waals surface area contributed by atoms with E-state index in [1.807, 2.05) is 0 Å². The summed E-state index contributed by atoms with van der Waals surface area (Å²) in [7, 11) is 0. The highest BCUT2D eigenvalue weighted by Gasteiger charge is 2.58. The third-order valence-corrected chi connectivity index (χ3v) is 9.13. The van der Waals surface area contributed by atoms with Crippen molar-refractivity contribution >= 4 is 22.7 Å². The number of aromatic nitrogens is 3. The Morgan fingerprint density at radius 3 is 2.49 bits per heavy atom. The third-order valence-electron chi connectivity index (χ3n) is 9.13. The number of halogens is 4. The van der Waals surface area contributed by atoms with Crippen molar-refractivity contribution in [2.75, 3.05) is 13.2 Å². The van der Waals surface area contributed by atoms with E-state index in [1.165, 1.54) is 24.3 Å². The van der Waals surface area contributed by atoms with Gasteiger partial charge in [-0.25, -0.2) is 9.37 Å². The number of carbonyl (C=O) groups excluding carboxylic acids is 2. The Labute approximate surface area is 265 Å². The fourth-order valence-electron chi connectivity index (χ4n) is 5.87. The molecule has 2 atom stereocenters. The van der Waals surface area contributed by atoms with Crippen LogP contribution >= 0.6 is 0 Å². The van der Waals surface area contributed by atoms with Gasteiger partial charge < -0.3 is 25.6 Å². The van der Waals surface area contributed by atoms with Gasteiger partial charge in [-0.3, -0.25) is 14.3 Å². The van der Waals surface area contributed by atoms with Crippen molar-refractivity contribution in [3.8, 4) is 22.8 Å². The molecular formula is C33H31F4N5O5. The van der Waals surface area contributed by atoms with E-state index < -0.39 is 47.1 Å². The maximum Gasteiger partial charge on any atom is 0.424 e. The van der Waals surface area contributed by atoms with Gasteiger partial charge in [0.2, 0.25) is 11.5 Å². The summed E-state index contributed by atoms with van der Waals surface area (Å²) in [5, 5.41) is 18.9. The number of benzene rings is 2. The smallest absolute Gasteiger partial charge is 0.424 e. The van der Waals surface area contributed by atoms with Crippen LogP contribution in [0.1, 0.15) is 66.7 Å². The molecule has 47 heavy (non-hydrogen) atoms. The van der Waals surface area contributed by atoms with Crippen LogP contribution in [0.25, 0.3) is 22.2 Å². The second-order valence-corrected chi connectivity index (χ2v) is 12.4. The molecular weight excluding hydrogens is 622 g/mol. The first-order valence-electron chi connectivity index (χ1n) is 15.3. The van der Waals surface area contributed by atoms with Gasteiger partial charge in [0, 0.05) is 28.3 Å². The Morgan fingerprint density at radius 1 is 1.15 bits per heavy atom. The maximum atomic E-state index is 14.9. The number of nitrogens with zero attached hydrogens (tertiary/aromatic N) is 3. The molecule has 3 aliphatic rings. The number of hydrogen-bond acceptors (Lipinski definition) is 7. The van der Waals surface area contributed by atoms with E-state index >= 15 is 0 Å². The highest BCUT2D eigenvalue weighted by atomic mass is 19.4. The highest BCUT2D eigenvalue weighted by Crippen LogP contribution is 2.49. The quantitative estimate of drug-likeness (QED) is 0.209. The van der Waals surface area contributed by atoms with Gasteiger partial charge in [0.25, 0.3) is 5.91 Å². The molecule has 2 aromatic heterocycles. The Morgan fingerprint density at radius 2 is 1.87 bits per heavy atom. The molecule has 10 nitrogen and oxygen atoms in total. The molecule has 0 spiro atoms. The number of ether oxygens (including phenoxy) is 2. The summed E-state index contributed by atoms with van der Waals surface area (Å²) in [4.78, 5) is 30.3. The summed E-state index contributed by atoms with van der Waals surface area (Å²) in [6.07, 6.45) is 0.107. The second-order valence-electron chi connectivity index (χ2n) is 12.4. The minimum atomic E-state index is -5.35. The predicted molar refractivity (Wildman–Crippen MR) is 160 cm³/mol. The molecule has 0 bridgehead atoms. The van der Waals surface area contributed by atoms with Crippen LogP contribution in [0.15, 0.2) is 48.7 Å². The lowest BCUT2D eigenvalue weighted by Crippen LogP contribution is -2.52. The third kappa shape index (κ3) is 5.33. The number of pyridine rings is 1. The molecule has 1 aliphatic heterocycles. The van der Waals surface area contributed by atoms with Crippen LogP contribution in [0.2, 0.25) is 0 Å². The molecule has 7 rings (SSSR count). The van der Waals surface area contributed by atoms with Crippen LogP contribution in [0.4, 0.5) is 17.6 Å². The monoisotopic (exact) mass is 653 g/mol. The SMILES string of the molecule is CC[C@]1(C(N)=O)COc2c1cc(C(O)(CNC(=O)c1cc(OC3CC3)c3nn(C4CC4)cc3c1)C(F)(F)F)nc2-c1ccc(F)cc1. The molecule has 0 saturated heterocycles. The van der Waals surface area contributed by atoms with Crippen molar-refractivity contribution in [3.05, 3.63) is 71.3 Å². The molecule has 1 unspecified atom stereocenters. The summed E-state index contributed by atoms with van der Waals surface area (Å²) in [5.74, 6) is -1.97. The van der Waals surface area contributed by atoms with Crippen LogP contribution < -0.4 is 20.5 Å². The van der Waals surface area contributed by atoms with Crippen molar-refractivity contribution in [2.45, 2.75) is 68.4 Å². The number of aliphatic hydroxyl groups is 1. The maximum absolute atomic E-state index is 14.9. The molecule has 4 aromatic rings. The predicted octanol–water partition coefficient (Wildman–Crippen LogP) is 4.82. The summed E-state index contributed by atoms with van der Waals surface area (Å²) in [6.45, 7) is 0.0436. The van der Waals surface area contributed by atoms with Gasteiger partial charge in [-0.1, -0.05) is 6.92 Å². The first-order valence-corrected chi connectivity index (χ1v) is 15.3. The standard InChI is InChI=1S/C33H31F4N5O5/c1-2-31(30(38)44)16-46-28-23(31)13-25(40-27(28)17-3-5-20(34)6-4-17)32(45,33(35,36)37)15-39-29(43)18-11-19-14-42(21-7-8-21)41-26(19)24(12-18)47-22-9-10-22/h3-6,11-14,21-22,45H,2,7-10,15-16H2,1H3,(H2,38,44)(H,39,43)/t31-,32?/m0/s1. The number of primary amides is 1. The van der Waals surface area contributed by atoms with Gasteiger partial charge in [0.1, 0.15) is 40.5 Å². The number of fused-ring (bicyclic) bond motifs is 2. The molecule has 2 aliphatic carbocycles. The van der Waals surface area contributed by atoms with E-state index in [9.17, 15) is 32.3 Å². The zero-order valence-electron chi connectivity index (χ0n) is 25.2. The van der Waals surface area contributed by atoms with Crippen LogP contribution in [-0.4, -0.2) is 57.1 Å². The Kier molecular flexibility index (Phi) is 7.19. The van der Waals surface area contributed by atoms with Crippen LogP contribution in [-0.2, 0) is 15.8 Å². The van der Waals surface area contributed by atoms with Gasteiger partial charge in [-0.05, 0) is 74.6 Å². The Bertz CT molecular complexity index is 1900. The molecule has 3 heterocycles. The number of rotatable bonds is 10. The van der Waals surface area contributed by atoms with E-state index in [2.05, 4.69) is 15.4 Å². The minimum absolute atomic E-state index is 0.00203. The number of nitrogens with two attached hydrogens (primary N) is 1.